The Hall–Kier alpha value is -1.40. The van der Waals surface area contributed by atoms with Crippen LogP contribution in [-0.2, 0) is 14.3 Å². The summed E-state index contributed by atoms with van der Waals surface area (Å²) in [5, 5.41) is 2.85. The highest BCUT2D eigenvalue weighted by Gasteiger charge is 2.14. The highest BCUT2D eigenvalue weighted by atomic mass is 16.5. The predicted octanol–water partition coefficient (Wildman–Crippen LogP) is 0.640. The van der Waals surface area contributed by atoms with Gasteiger partial charge >= 0.3 is 0 Å². The molecule has 1 amide bonds. The molecule has 0 aliphatic rings. The van der Waals surface area contributed by atoms with Crippen molar-refractivity contribution in [3.8, 4) is 0 Å². The van der Waals surface area contributed by atoms with Gasteiger partial charge in [0.05, 0.1) is 19.3 Å². The summed E-state index contributed by atoms with van der Waals surface area (Å²) in [6.07, 6.45) is 4.18. The lowest BCUT2D eigenvalue weighted by atomic mass is 10.2. The molecule has 0 spiro atoms. The zero-order valence-corrected chi connectivity index (χ0v) is 10.2. The lowest BCUT2D eigenvalue weighted by Gasteiger charge is -2.14. The van der Waals surface area contributed by atoms with Gasteiger partial charge in [-0.2, -0.15) is 0 Å². The summed E-state index contributed by atoms with van der Waals surface area (Å²) in [7, 11) is 1.59. The number of amides is 1. The second-order valence-electron chi connectivity index (χ2n) is 3.55. The van der Waals surface area contributed by atoms with Crippen molar-refractivity contribution >= 4 is 5.91 Å². The van der Waals surface area contributed by atoms with Crippen molar-refractivity contribution in [1.82, 2.24) is 15.3 Å². The third kappa shape index (κ3) is 4.97. The molecule has 0 saturated heterocycles. The van der Waals surface area contributed by atoms with Crippen LogP contribution in [-0.4, -0.2) is 42.8 Å². The number of aromatic nitrogens is 2. The molecule has 1 heterocycles. The second-order valence-corrected chi connectivity index (χ2v) is 3.55. The summed E-state index contributed by atoms with van der Waals surface area (Å²) in [5.41, 5.74) is 0. The van der Waals surface area contributed by atoms with Crippen LogP contribution in [0.5, 0.6) is 0 Å². The molecule has 0 fully saturated rings. The average molecular weight is 241 g/mol. The first-order valence-electron chi connectivity index (χ1n) is 5.63. The number of carbonyl (C=O) groups is 1. The average Bonchev–Trinajstić information content (AvgIpc) is 2.85. The fourth-order valence-electron chi connectivity index (χ4n) is 1.37. The predicted molar refractivity (Wildman–Crippen MR) is 62.5 cm³/mol. The van der Waals surface area contributed by atoms with E-state index in [2.05, 4.69) is 15.3 Å². The van der Waals surface area contributed by atoms with Gasteiger partial charge in [0.2, 0.25) is 5.91 Å². The van der Waals surface area contributed by atoms with Crippen LogP contribution in [0, 0.1) is 0 Å². The van der Waals surface area contributed by atoms with Gasteiger partial charge in [0.15, 0.2) is 0 Å². The summed E-state index contributed by atoms with van der Waals surface area (Å²) in [5.74, 6) is 0.613. The van der Waals surface area contributed by atoms with Crippen LogP contribution in [0.4, 0.5) is 0 Å². The molecule has 0 aliphatic heterocycles. The van der Waals surface area contributed by atoms with E-state index in [0.717, 1.165) is 12.2 Å². The SMILES string of the molecule is CCC(NC(=O)COCCOC)c1ncc[nH]1. The molecule has 0 aromatic carbocycles. The number of hydrogen-bond acceptors (Lipinski definition) is 4. The summed E-state index contributed by atoms with van der Waals surface area (Å²) >= 11 is 0. The van der Waals surface area contributed by atoms with Gasteiger partial charge in [-0.15, -0.1) is 0 Å². The Morgan fingerprint density at radius 1 is 1.59 bits per heavy atom. The topological polar surface area (TPSA) is 76.2 Å². The van der Waals surface area contributed by atoms with Gasteiger partial charge in [-0.05, 0) is 6.42 Å². The van der Waals surface area contributed by atoms with E-state index >= 15 is 0 Å². The molecule has 0 radical (unpaired) electrons. The molecule has 2 N–H and O–H groups in total. The fraction of sp³-hybridized carbons (Fsp3) is 0.636. The van der Waals surface area contributed by atoms with E-state index in [1.807, 2.05) is 6.92 Å². The van der Waals surface area contributed by atoms with E-state index in [0.29, 0.717) is 13.2 Å². The number of carbonyl (C=O) groups excluding carboxylic acids is 1. The molecule has 1 atom stereocenters. The maximum absolute atomic E-state index is 11.6. The van der Waals surface area contributed by atoms with Crippen LogP contribution in [0.25, 0.3) is 0 Å². The number of nitrogens with zero attached hydrogens (tertiary/aromatic N) is 1. The zero-order valence-electron chi connectivity index (χ0n) is 10.2. The Morgan fingerprint density at radius 3 is 3.00 bits per heavy atom. The molecule has 17 heavy (non-hydrogen) atoms. The lowest BCUT2D eigenvalue weighted by Crippen LogP contribution is -2.32. The van der Waals surface area contributed by atoms with Crippen molar-refractivity contribution in [1.29, 1.82) is 0 Å². The summed E-state index contributed by atoms with van der Waals surface area (Å²) < 4.78 is 9.94. The van der Waals surface area contributed by atoms with E-state index in [9.17, 15) is 4.79 Å². The van der Waals surface area contributed by atoms with Crippen LogP contribution >= 0.6 is 0 Å². The first-order chi connectivity index (χ1) is 8.27. The molecule has 1 unspecified atom stereocenters. The molecule has 96 valence electrons. The monoisotopic (exact) mass is 241 g/mol. The zero-order chi connectivity index (χ0) is 12.5. The first kappa shape index (κ1) is 13.7. The van der Waals surface area contributed by atoms with Crippen LogP contribution < -0.4 is 5.32 Å². The molecule has 0 aliphatic carbocycles. The molecule has 0 saturated carbocycles. The second kappa shape index (κ2) is 7.81. The molecular formula is C11H19N3O3. The Bertz CT molecular complexity index is 314. The standard InChI is InChI=1S/C11H19N3O3/c1-3-9(11-12-4-5-13-11)14-10(15)8-17-7-6-16-2/h4-5,9H,3,6-8H2,1-2H3,(H,12,13)(H,14,15). The Labute approximate surface area is 101 Å². The van der Waals surface area contributed by atoms with Gasteiger partial charge < -0.3 is 19.8 Å². The number of H-pyrrole nitrogens is 1. The van der Waals surface area contributed by atoms with Crippen molar-refractivity contribution < 1.29 is 14.3 Å². The molecule has 6 heteroatoms. The van der Waals surface area contributed by atoms with E-state index in [4.69, 9.17) is 9.47 Å². The summed E-state index contributed by atoms with van der Waals surface area (Å²) in [6.45, 7) is 2.93. The molecule has 1 aromatic rings. The maximum Gasteiger partial charge on any atom is 0.246 e. The molecule has 1 aromatic heterocycles. The van der Waals surface area contributed by atoms with Gasteiger partial charge in [-0.1, -0.05) is 6.92 Å². The highest BCUT2D eigenvalue weighted by Crippen LogP contribution is 2.10. The van der Waals surface area contributed by atoms with Crippen LogP contribution in [0.2, 0.25) is 0 Å². The third-order valence-electron chi connectivity index (χ3n) is 2.26. The van der Waals surface area contributed by atoms with Crippen molar-refractivity contribution in [2.24, 2.45) is 0 Å². The maximum atomic E-state index is 11.6. The quantitative estimate of drug-likeness (QED) is 0.655. The van der Waals surface area contributed by atoms with Gasteiger partial charge in [0.1, 0.15) is 12.4 Å². The molecule has 1 rings (SSSR count). The Balaban J connectivity index is 2.28. The van der Waals surface area contributed by atoms with Crippen molar-refractivity contribution in [3.05, 3.63) is 18.2 Å². The van der Waals surface area contributed by atoms with E-state index in [1.165, 1.54) is 0 Å². The Kier molecular flexibility index (Phi) is 6.27. The number of rotatable bonds is 8. The number of imidazole rings is 1. The van der Waals surface area contributed by atoms with Crippen LogP contribution in [0.15, 0.2) is 12.4 Å². The van der Waals surface area contributed by atoms with Gasteiger partial charge in [0, 0.05) is 19.5 Å². The fourth-order valence-corrected chi connectivity index (χ4v) is 1.37. The lowest BCUT2D eigenvalue weighted by molar-refractivity contribution is -0.127. The Morgan fingerprint density at radius 2 is 2.41 bits per heavy atom. The summed E-state index contributed by atoms with van der Waals surface area (Å²) in [6, 6.07) is -0.0940. The van der Waals surface area contributed by atoms with Crippen molar-refractivity contribution in [3.63, 3.8) is 0 Å². The van der Waals surface area contributed by atoms with Gasteiger partial charge in [0.25, 0.3) is 0 Å². The number of hydrogen-bond donors (Lipinski definition) is 2. The van der Waals surface area contributed by atoms with Crippen molar-refractivity contribution in [2.75, 3.05) is 26.9 Å². The first-order valence-corrected chi connectivity index (χ1v) is 5.63. The minimum atomic E-state index is -0.149. The van der Waals surface area contributed by atoms with Gasteiger partial charge in [-0.25, -0.2) is 4.98 Å². The number of aromatic amines is 1. The molecule has 0 bridgehead atoms. The van der Waals surface area contributed by atoms with Crippen LogP contribution in [0.3, 0.4) is 0 Å². The summed E-state index contributed by atoms with van der Waals surface area (Å²) in [4.78, 5) is 18.7. The third-order valence-corrected chi connectivity index (χ3v) is 2.26. The van der Waals surface area contributed by atoms with E-state index < -0.39 is 0 Å². The largest absolute Gasteiger partial charge is 0.382 e. The minimum absolute atomic E-state index is 0.0422. The minimum Gasteiger partial charge on any atom is -0.382 e. The number of methoxy groups -OCH3 is 1. The van der Waals surface area contributed by atoms with Crippen molar-refractivity contribution in [2.45, 2.75) is 19.4 Å². The van der Waals surface area contributed by atoms with E-state index in [-0.39, 0.29) is 18.6 Å². The van der Waals surface area contributed by atoms with Gasteiger partial charge in [-0.3, -0.25) is 4.79 Å². The van der Waals surface area contributed by atoms with E-state index in [1.54, 1.807) is 19.5 Å². The molecule has 6 nitrogen and oxygen atoms in total. The number of nitrogens with one attached hydrogen (secondary N) is 2. The normalized spacial score (nSPS) is 12.4. The number of ether oxygens (including phenoxy) is 2. The highest BCUT2D eigenvalue weighted by molar-refractivity contribution is 5.77. The smallest absolute Gasteiger partial charge is 0.246 e. The van der Waals surface area contributed by atoms with Crippen LogP contribution in [0.1, 0.15) is 25.2 Å². The molecular weight excluding hydrogens is 222 g/mol.